The maximum Gasteiger partial charge on any atom is 0.317 e. The molecule has 0 saturated heterocycles. The summed E-state index contributed by atoms with van der Waals surface area (Å²) in [6.07, 6.45) is 2.49. The van der Waals surface area contributed by atoms with E-state index in [0.717, 1.165) is 21.3 Å². The third kappa shape index (κ3) is 5.02. The number of rotatable bonds is 6. The number of thiophene rings is 1. The van der Waals surface area contributed by atoms with Crippen LogP contribution in [-0.2, 0) is 13.0 Å². The number of nitrogens with one attached hydrogen (secondary N) is 1. The molecule has 0 spiro atoms. The Morgan fingerprint density at radius 1 is 1.38 bits per heavy atom. The largest absolute Gasteiger partial charge is 0.338 e. The topological polar surface area (TPSA) is 45.2 Å². The Kier molecular flexibility index (Phi) is 6.02. The molecular formula is C15H18ClN3OS. The molecule has 0 atom stereocenters. The summed E-state index contributed by atoms with van der Waals surface area (Å²) in [6.45, 7) is 3.79. The molecule has 0 bridgehead atoms. The van der Waals surface area contributed by atoms with Crippen LogP contribution in [0.25, 0.3) is 0 Å². The van der Waals surface area contributed by atoms with E-state index in [9.17, 15) is 4.79 Å². The van der Waals surface area contributed by atoms with Crippen LogP contribution < -0.4 is 5.32 Å². The van der Waals surface area contributed by atoms with Crippen molar-refractivity contribution in [1.82, 2.24) is 15.2 Å². The molecule has 0 aromatic carbocycles. The fraction of sp³-hybridized carbons (Fsp3) is 0.333. The average molecular weight is 324 g/mol. The molecule has 0 aliphatic heterocycles. The first-order valence-corrected chi connectivity index (χ1v) is 8.05. The molecule has 2 amide bonds. The molecule has 0 fully saturated rings. The lowest BCUT2D eigenvalue weighted by atomic mass is 10.3. The van der Waals surface area contributed by atoms with Gasteiger partial charge in [0.05, 0.1) is 10.9 Å². The van der Waals surface area contributed by atoms with Crippen molar-refractivity contribution in [2.24, 2.45) is 0 Å². The lowest BCUT2D eigenvalue weighted by Gasteiger charge is -2.20. The van der Waals surface area contributed by atoms with Crippen LogP contribution in [0.3, 0.4) is 0 Å². The van der Waals surface area contributed by atoms with Crippen molar-refractivity contribution in [3.63, 3.8) is 0 Å². The molecule has 0 saturated carbocycles. The second-order valence-electron chi connectivity index (χ2n) is 4.52. The SMILES string of the molecule is CCN(Cc1ccc(Cl)s1)C(=O)NCCc1ccccn1. The van der Waals surface area contributed by atoms with Crippen molar-refractivity contribution >= 4 is 29.0 Å². The van der Waals surface area contributed by atoms with Crippen LogP contribution in [0.15, 0.2) is 36.5 Å². The number of halogens is 1. The fourth-order valence-electron chi connectivity index (χ4n) is 1.91. The molecule has 4 nitrogen and oxygen atoms in total. The lowest BCUT2D eigenvalue weighted by molar-refractivity contribution is 0.199. The molecule has 2 heterocycles. The quantitative estimate of drug-likeness (QED) is 0.883. The molecule has 2 aromatic rings. The maximum atomic E-state index is 12.1. The van der Waals surface area contributed by atoms with Gasteiger partial charge in [-0.3, -0.25) is 4.98 Å². The van der Waals surface area contributed by atoms with Gasteiger partial charge < -0.3 is 10.2 Å². The highest BCUT2D eigenvalue weighted by atomic mass is 35.5. The number of hydrogen-bond acceptors (Lipinski definition) is 3. The lowest BCUT2D eigenvalue weighted by Crippen LogP contribution is -2.40. The van der Waals surface area contributed by atoms with E-state index in [1.165, 1.54) is 11.3 Å². The summed E-state index contributed by atoms with van der Waals surface area (Å²) < 4.78 is 0.747. The Morgan fingerprint density at radius 2 is 2.24 bits per heavy atom. The van der Waals surface area contributed by atoms with Gasteiger partial charge in [-0.05, 0) is 31.2 Å². The van der Waals surface area contributed by atoms with Crippen molar-refractivity contribution in [3.8, 4) is 0 Å². The first-order valence-electron chi connectivity index (χ1n) is 6.86. The Hall–Kier alpha value is -1.59. The van der Waals surface area contributed by atoms with Gasteiger partial charge in [-0.25, -0.2) is 4.79 Å². The Balaban J connectivity index is 1.80. The molecule has 0 unspecified atom stereocenters. The van der Waals surface area contributed by atoms with Gasteiger partial charge >= 0.3 is 6.03 Å². The maximum absolute atomic E-state index is 12.1. The van der Waals surface area contributed by atoms with Gasteiger partial charge in [-0.15, -0.1) is 11.3 Å². The second-order valence-corrected chi connectivity index (χ2v) is 6.32. The molecule has 21 heavy (non-hydrogen) atoms. The van der Waals surface area contributed by atoms with Crippen molar-refractivity contribution in [1.29, 1.82) is 0 Å². The van der Waals surface area contributed by atoms with Crippen LogP contribution in [0.4, 0.5) is 4.79 Å². The highest BCUT2D eigenvalue weighted by Crippen LogP contribution is 2.22. The first-order chi connectivity index (χ1) is 10.2. The summed E-state index contributed by atoms with van der Waals surface area (Å²) in [7, 11) is 0. The zero-order valence-electron chi connectivity index (χ0n) is 11.9. The molecule has 0 aliphatic rings. The minimum Gasteiger partial charge on any atom is -0.338 e. The third-order valence-corrected chi connectivity index (χ3v) is 4.24. The normalized spacial score (nSPS) is 10.4. The van der Waals surface area contributed by atoms with E-state index in [2.05, 4.69) is 10.3 Å². The molecule has 0 aliphatic carbocycles. The number of nitrogens with zero attached hydrogens (tertiary/aromatic N) is 2. The number of carbonyl (C=O) groups is 1. The molecule has 2 aromatic heterocycles. The van der Waals surface area contributed by atoms with E-state index in [4.69, 9.17) is 11.6 Å². The first kappa shape index (κ1) is 15.8. The fourth-order valence-corrected chi connectivity index (χ4v) is 3.01. The Morgan fingerprint density at radius 3 is 2.86 bits per heavy atom. The van der Waals surface area contributed by atoms with Crippen LogP contribution in [0.1, 0.15) is 17.5 Å². The van der Waals surface area contributed by atoms with Crippen molar-refractivity contribution in [2.75, 3.05) is 13.1 Å². The highest BCUT2D eigenvalue weighted by Gasteiger charge is 2.12. The average Bonchev–Trinajstić information content (AvgIpc) is 2.91. The van der Waals surface area contributed by atoms with E-state index in [1.54, 1.807) is 11.1 Å². The summed E-state index contributed by atoms with van der Waals surface area (Å²) in [6, 6.07) is 9.54. The number of pyridine rings is 1. The number of amides is 2. The number of urea groups is 1. The van der Waals surface area contributed by atoms with Crippen molar-refractivity contribution in [2.45, 2.75) is 19.9 Å². The smallest absolute Gasteiger partial charge is 0.317 e. The summed E-state index contributed by atoms with van der Waals surface area (Å²) in [5.74, 6) is 0. The monoisotopic (exact) mass is 323 g/mol. The van der Waals surface area contributed by atoms with Crippen molar-refractivity contribution < 1.29 is 4.79 Å². The predicted octanol–water partition coefficient (Wildman–Crippen LogP) is 3.57. The summed E-state index contributed by atoms with van der Waals surface area (Å²) in [5.41, 5.74) is 0.978. The van der Waals surface area contributed by atoms with E-state index >= 15 is 0 Å². The van der Waals surface area contributed by atoms with Crippen LogP contribution in [0.2, 0.25) is 4.34 Å². The predicted molar refractivity (Wildman–Crippen MR) is 86.8 cm³/mol. The van der Waals surface area contributed by atoms with Crippen LogP contribution in [-0.4, -0.2) is 29.0 Å². The molecule has 2 rings (SSSR count). The number of aromatic nitrogens is 1. The van der Waals surface area contributed by atoms with E-state index < -0.39 is 0 Å². The summed E-state index contributed by atoms with van der Waals surface area (Å²) in [4.78, 5) is 19.2. The van der Waals surface area contributed by atoms with Crippen LogP contribution >= 0.6 is 22.9 Å². The molecule has 6 heteroatoms. The van der Waals surface area contributed by atoms with Gasteiger partial charge in [0.1, 0.15) is 0 Å². The van der Waals surface area contributed by atoms with Gasteiger partial charge in [-0.1, -0.05) is 17.7 Å². The van der Waals surface area contributed by atoms with E-state index in [1.807, 2.05) is 37.3 Å². The standard InChI is InChI=1S/C15H18ClN3OS/c1-2-19(11-13-6-7-14(16)21-13)15(20)18-10-8-12-5-3-4-9-17-12/h3-7,9H,2,8,10-11H2,1H3,(H,18,20). The van der Waals surface area contributed by atoms with E-state index in [0.29, 0.717) is 19.6 Å². The minimum atomic E-state index is -0.0575. The van der Waals surface area contributed by atoms with Gasteiger partial charge in [-0.2, -0.15) is 0 Å². The van der Waals surface area contributed by atoms with Gasteiger partial charge in [0.2, 0.25) is 0 Å². The van der Waals surface area contributed by atoms with Crippen LogP contribution in [0, 0.1) is 0 Å². The highest BCUT2D eigenvalue weighted by molar-refractivity contribution is 7.16. The van der Waals surface area contributed by atoms with Crippen LogP contribution in [0.5, 0.6) is 0 Å². The van der Waals surface area contributed by atoms with Gasteiger partial charge in [0.25, 0.3) is 0 Å². The summed E-state index contributed by atoms with van der Waals surface area (Å²) >= 11 is 7.41. The van der Waals surface area contributed by atoms with Gasteiger partial charge in [0, 0.05) is 36.3 Å². The Labute approximate surface area is 133 Å². The minimum absolute atomic E-state index is 0.0575. The summed E-state index contributed by atoms with van der Waals surface area (Å²) in [5, 5.41) is 2.93. The molecule has 0 radical (unpaired) electrons. The van der Waals surface area contributed by atoms with Gasteiger partial charge in [0.15, 0.2) is 0 Å². The molecule has 112 valence electrons. The molecule has 1 N–H and O–H groups in total. The Bertz CT molecular complexity index is 573. The number of carbonyl (C=O) groups excluding carboxylic acids is 1. The molecular weight excluding hydrogens is 306 g/mol. The zero-order valence-corrected chi connectivity index (χ0v) is 13.5. The number of hydrogen-bond donors (Lipinski definition) is 1. The third-order valence-electron chi connectivity index (χ3n) is 3.03. The van der Waals surface area contributed by atoms with Crippen molar-refractivity contribution in [3.05, 3.63) is 51.4 Å². The second kappa shape index (κ2) is 8.00. The zero-order chi connectivity index (χ0) is 15.1. The van der Waals surface area contributed by atoms with E-state index in [-0.39, 0.29) is 6.03 Å².